The van der Waals surface area contributed by atoms with Crippen LogP contribution >= 0.6 is 0 Å². The van der Waals surface area contributed by atoms with Gasteiger partial charge in [0.1, 0.15) is 5.60 Å². The smallest absolute Gasteiger partial charge is 0.407 e. The number of rotatable bonds is 5. The van der Waals surface area contributed by atoms with Crippen LogP contribution in [0.4, 0.5) is 18.0 Å². The maximum Gasteiger partial charge on any atom is 0.407 e. The van der Waals surface area contributed by atoms with Gasteiger partial charge in [0.2, 0.25) is 0 Å². The van der Waals surface area contributed by atoms with Crippen LogP contribution in [0.1, 0.15) is 40.0 Å². The van der Waals surface area contributed by atoms with Crippen LogP contribution in [0.2, 0.25) is 0 Å². The second-order valence-corrected chi connectivity index (χ2v) is 5.09. The Morgan fingerprint density at radius 1 is 1.26 bits per heavy atom. The topological polar surface area (TPSA) is 75.6 Å². The number of hydrogen-bond donors (Lipinski definition) is 2. The van der Waals surface area contributed by atoms with Crippen LogP contribution < -0.4 is 5.32 Å². The Kier molecular flexibility index (Phi) is 6.11. The van der Waals surface area contributed by atoms with Crippen molar-refractivity contribution in [1.29, 1.82) is 0 Å². The highest BCUT2D eigenvalue weighted by molar-refractivity contribution is 5.69. The van der Waals surface area contributed by atoms with Crippen LogP contribution in [0.15, 0.2) is 0 Å². The molecule has 112 valence electrons. The van der Waals surface area contributed by atoms with E-state index in [2.05, 4.69) is 0 Å². The quantitative estimate of drug-likeness (QED) is 0.814. The summed E-state index contributed by atoms with van der Waals surface area (Å²) in [6, 6.07) is -1.31. The van der Waals surface area contributed by atoms with E-state index in [1.807, 2.05) is 5.32 Å². The van der Waals surface area contributed by atoms with Crippen molar-refractivity contribution in [3.63, 3.8) is 0 Å². The second-order valence-electron chi connectivity index (χ2n) is 5.09. The number of alkyl carbamates (subject to hydrolysis) is 1. The largest absolute Gasteiger partial charge is 0.481 e. The molecule has 1 amide bonds. The molecule has 0 radical (unpaired) electrons. The van der Waals surface area contributed by atoms with Crippen LogP contribution in [0.3, 0.4) is 0 Å². The molecular formula is C11H18F3NO4. The lowest BCUT2D eigenvalue weighted by Gasteiger charge is -2.24. The molecule has 19 heavy (non-hydrogen) atoms. The summed E-state index contributed by atoms with van der Waals surface area (Å²) in [5.74, 6) is -1.22. The normalized spacial score (nSPS) is 13.8. The van der Waals surface area contributed by atoms with Gasteiger partial charge in [0.05, 0.1) is 6.42 Å². The summed E-state index contributed by atoms with van der Waals surface area (Å²) in [6.45, 7) is 4.72. The fourth-order valence-corrected chi connectivity index (χ4v) is 1.28. The zero-order chi connectivity index (χ0) is 15.3. The van der Waals surface area contributed by atoms with Gasteiger partial charge in [-0.2, -0.15) is 13.2 Å². The van der Waals surface area contributed by atoms with Crippen molar-refractivity contribution in [2.45, 2.75) is 57.9 Å². The average Bonchev–Trinajstić information content (AvgIpc) is 2.08. The number of carboxylic acid groups (broad SMARTS) is 1. The summed E-state index contributed by atoms with van der Waals surface area (Å²) in [4.78, 5) is 21.7. The van der Waals surface area contributed by atoms with Crippen LogP contribution in [0.5, 0.6) is 0 Å². The molecule has 0 bridgehead atoms. The number of aliphatic carboxylic acids is 1. The highest BCUT2D eigenvalue weighted by Crippen LogP contribution is 2.23. The van der Waals surface area contributed by atoms with E-state index >= 15 is 0 Å². The molecule has 0 aromatic rings. The second kappa shape index (κ2) is 6.63. The third kappa shape index (κ3) is 11.4. The molecule has 0 aliphatic heterocycles. The molecule has 0 aliphatic carbocycles. The van der Waals surface area contributed by atoms with Crippen LogP contribution in [0, 0.1) is 0 Å². The fourth-order valence-electron chi connectivity index (χ4n) is 1.28. The van der Waals surface area contributed by atoms with Crippen LogP contribution in [0.25, 0.3) is 0 Å². The van der Waals surface area contributed by atoms with Gasteiger partial charge in [-0.15, -0.1) is 0 Å². The predicted octanol–water partition coefficient (Wildman–Crippen LogP) is 2.70. The Bertz CT molecular complexity index is 323. The Balaban J connectivity index is 4.48. The molecule has 0 unspecified atom stereocenters. The molecular weight excluding hydrogens is 267 g/mol. The van der Waals surface area contributed by atoms with Crippen molar-refractivity contribution in [1.82, 2.24) is 5.32 Å². The van der Waals surface area contributed by atoms with Gasteiger partial charge < -0.3 is 15.2 Å². The predicted molar refractivity (Wildman–Crippen MR) is 60.7 cm³/mol. The average molecular weight is 285 g/mol. The fraction of sp³-hybridized carbons (Fsp3) is 0.818. The van der Waals surface area contributed by atoms with Gasteiger partial charge in [-0.05, 0) is 27.2 Å². The number of halogens is 3. The first kappa shape index (κ1) is 17.5. The molecule has 0 aromatic carbocycles. The number of nitrogens with one attached hydrogen (secondary N) is 1. The molecule has 0 aliphatic rings. The summed E-state index contributed by atoms with van der Waals surface area (Å²) in [5.41, 5.74) is -0.834. The van der Waals surface area contributed by atoms with Crippen molar-refractivity contribution in [2.75, 3.05) is 0 Å². The van der Waals surface area contributed by atoms with E-state index in [1.165, 1.54) is 0 Å². The molecule has 0 saturated carbocycles. The SMILES string of the molecule is CC(C)(C)OC(=O)N[C@H](CCC(=O)O)CC(F)(F)F. The lowest BCUT2D eigenvalue weighted by Crippen LogP contribution is -2.41. The summed E-state index contributed by atoms with van der Waals surface area (Å²) >= 11 is 0. The standard InChI is InChI=1S/C11H18F3NO4/c1-10(2,3)19-9(18)15-7(4-5-8(16)17)6-11(12,13)14/h7H,4-6H2,1-3H3,(H,15,18)(H,16,17)/t7-/m1/s1. The monoisotopic (exact) mass is 285 g/mol. The van der Waals surface area contributed by atoms with Gasteiger partial charge in [0.15, 0.2) is 0 Å². The van der Waals surface area contributed by atoms with Crippen molar-refractivity contribution in [2.24, 2.45) is 0 Å². The van der Waals surface area contributed by atoms with Crippen molar-refractivity contribution >= 4 is 12.1 Å². The van der Waals surface area contributed by atoms with E-state index in [9.17, 15) is 22.8 Å². The van der Waals surface area contributed by atoms with Crippen LogP contribution in [-0.2, 0) is 9.53 Å². The van der Waals surface area contributed by atoms with Crippen molar-refractivity contribution in [3.05, 3.63) is 0 Å². The minimum absolute atomic E-state index is 0.311. The summed E-state index contributed by atoms with van der Waals surface area (Å²) in [5, 5.41) is 10.5. The highest BCUT2D eigenvalue weighted by Gasteiger charge is 2.33. The zero-order valence-electron chi connectivity index (χ0n) is 11.0. The number of ether oxygens (including phenoxy) is 1. The lowest BCUT2D eigenvalue weighted by molar-refractivity contribution is -0.144. The third-order valence-corrected chi connectivity index (χ3v) is 1.91. The van der Waals surface area contributed by atoms with Crippen molar-refractivity contribution in [3.8, 4) is 0 Å². The first-order chi connectivity index (χ1) is 8.39. The zero-order valence-corrected chi connectivity index (χ0v) is 11.0. The van der Waals surface area contributed by atoms with E-state index in [1.54, 1.807) is 20.8 Å². The van der Waals surface area contributed by atoms with E-state index in [0.717, 1.165) is 0 Å². The number of hydrogen-bond acceptors (Lipinski definition) is 3. The number of carbonyl (C=O) groups is 2. The Morgan fingerprint density at radius 2 is 1.79 bits per heavy atom. The minimum atomic E-state index is -4.49. The number of alkyl halides is 3. The van der Waals surface area contributed by atoms with Gasteiger partial charge >= 0.3 is 18.2 Å². The van der Waals surface area contributed by atoms with Gasteiger partial charge in [-0.3, -0.25) is 4.79 Å². The van der Waals surface area contributed by atoms with E-state index in [0.29, 0.717) is 0 Å². The lowest BCUT2D eigenvalue weighted by atomic mass is 10.1. The molecule has 8 heteroatoms. The Morgan fingerprint density at radius 3 is 2.16 bits per heavy atom. The van der Waals surface area contributed by atoms with Gasteiger partial charge in [-0.25, -0.2) is 4.79 Å². The maximum absolute atomic E-state index is 12.3. The third-order valence-electron chi connectivity index (χ3n) is 1.91. The first-order valence-electron chi connectivity index (χ1n) is 5.67. The minimum Gasteiger partial charge on any atom is -0.481 e. The molecule has 0 rings (SSSR count). The molecule has 1 atom stereocenters. The summed E-state index contributed by atoms with van der Waals surface area (Å²) < 4.78 is 41.7. The van der Waals surface area contributed by atoms with Gasteiger partial charge in [-0.1, -0.05) is 0 Å². The summed E-state index contributed by atoms with van der Waals surface area (Å²) in [7, 11) is 0. The molecule has 0 saturated heterocycles. The Hall–Kier alpha value is -1.47. The highest BCUT2D eigenvalue weighted by atomic mass is 19.4. The maximum atomic E-state index is 12.3. The number of carbonyl (C=O) groups excluding carboxylic acids is 1. The molecule has 5 nitrogen and oxygen atoms in total. The number of carboxylic acids is 1. The van der Waals surface area contributed by atoms with Crippen LogP contribution in [-0.4, -0.2) is 35.0 Å². The van der Waals surface area contributed by atoms with Gasteiger partial charge in [0, 0.05) is 12.5 Å². The van der Waals surface area contributed by atoms with E-state index < -0.39 is 42.7 Å². The first-order valence-corrected chi connectivity index (χ1v) is 5.67. The van der Waals surface area contributed by atoms with E-state index in [-0.39, 0.29) is 6.42 Å². The van der Waals surface area contributed by atoms with Gasteiger partial charge in [0.25, 0.3) is 0 Å². The number of amides is 1. The molecule has 2 N–H and O–H groups in total. The van der Waals surface area contributed by atoms with Crippen molar-refractivity contribution < 1.29 is 32.6 Å². The molecule has 0 aromatic heterocycles. The molecule has 0 spiro atoms. The molecule has 0 heterocycles. The summed E-state index contributed by atoms with van der Waals surface area (Å²) in [6.07, 6.45) is -7.55. The Labute approximate surface area is 109 Å². The van der Waals surface area contributed by atoms with E-state index in [4.69, 9.17) is 9.84 Å². The molecule has 0 fully saturated rings.